The van der Waals surface area contributed by atoms with Crippen molar-refractivity contribution in [2.45, 2.75) is 13.5 Å². The molecule has 37 heavy (non-hydrogen) atoms. The first-order valence-electron chi connectivity index (χ1n) is 10.7. The first-order valence-corrected chi connectivity index (χ1v) is 13.8. The van der Waals surface area contributed by atoms with Crippen LogP contribution in [0.2, 0.25) is 10.0 Å². The second-order valence-electron chi connectivity index (χ2n) is 7.58. The van der Waals surface area contributed by atoms with E-state index >= 15 is 0 Å². The van der Waals surface area contributed by atoms with Gasteiger partial charge in [-0.2, -0.15) is 0 Å². The topological polar surface area (TPSA) is 81.9 Å². The van der Waals surface area contributed by atoms with Gasteiger partial charge in [0, 0.05) is 27.7 Å². The quantitative estimate of drug-likeness (QED) is 0.0784. The molecule has 0 radical (unpaired) electrons. The third-order valence-corrected chi connectivity index (χ3v) is 7.82. The van der Waals surface area contributed by atoms with Crippen LogP contribution in [0.5, 0.6) is 11.5 Å². The molecule has 0 saturated carbocycles. The molecular weight excluding hydrogens is 670 g/mol. The molecule has 0 aliphatic carbocycles. The van der Waals surface area contributed by atoms with Gasteiger partial charge in [-0.25, -0.2) is 0 Å². The predicted octanol–water partition coefficient (Wildman–Crippen LogP) is 7.89. The highest BCUT2D eigenvalue weighted by atomic mass is 127. The summed E-state index contributed by atoms with van der Waals surface area (Å²) in [5.74, 6) is 0.773. The molecule has 0 aromatic heterocycles. The van der Waals surface area contributed by atoms with Gasteiger partial charge in [-0.3, -0.25) is 19.8 Å². The van der Waals surface area contributed by atoms with Gasteiger partial charge in [-0.1, -0.05) is 53.2 Å². The highest BCUT2D eigenvalue weighted by Crippen LogP contribution is 2.39. The molecule has 4 rings (SSSR count). The Hall–Kier alpha value is -2.38. The van der Waals surface area contributed by atoms with Crippen LogP contribution in [0.3, 0.4) is 0 Å². The lowest BCUT2D eigenvalue weighted by Crippen LogP contribution is -2.27. The van der Waals surface area contributed by atoms with Crippen LogP contribution in [0.1, 0.15) is 18.1 Å². The van der Waals surface area contributed by atoms with E-state index in [1.165, 1.54) is 29.2 Å². The van der Waals surface area contributed by atoms with E-state index in [0.29, 0.717) is 43.1 Å². The van der Waals surface area contributed by atoms with E-state index in [0.717, 1.165) is 26.5 Å². The Bertz CT molecular complexity index is 1430. The summed E-state index contributed by atoms with van der Waals surface area (Å²) in [4.78, 5) is 25.4. The molecule has 0 bridgehead atoms. The maximum atomic E-state index is 13.2. The first-order chi connectivity index (χ1) is 17.7. The van der Waals surface area contributed by atoms with Gasteiger partial charge in [0.2, 0.25) is 0 Å². The van der Waals surface area contributed by atoms with Crippen LogP contribution in [0.15, 0.2) is 59.5 Å². The fourth-order valence-electron chi connectivity index (χ4n) is 3.43. The van der Waals surface area contributed by atoms with Crippen LogP contribution in [-0.2, 0) is 11.4 Å². The third-order valence-electron chi connectivity index (χ3n) is 5.13. The van der Waals surface area contributed by atoms with Crippen molar-refractivity contribution in [3.05, 3.63) is 94.4 Å². The molecule has 1 saturated heterocycles. The number of nitro groups is 1. The Morgan fingerprint density at radius 2 is 1.86 bits per heavy atom. The van der Waals surface area contributed by atoms with Crippen molar-refractivity contribution < 1.29 is 19.2 Å². The molecule has 190 valence electrons. The molecule has 1 aliphatic rings. The SMILES string of the molecule is CCOc1cc(/C=C2\SC(=S)N(c3ccc([N+](=O)[O-])cc3)C2=O)cc(I)c1OCc1ccc(Cl)cc1Cl. The molecule has 0 unspecified atom stereocenters. The normalized spacial score (nSPS) is 14.4. The van der Waals surface area contributed by atoms with Crippen molar-refractivity contribution in [3.8, 4) is 11.5 Å². The molecule has 7 nitrogen and oxygen atoms in total. The summed E-state index contributed by atoms with van der Waals surface area (Å²) in [5, 5.41) is 12.0. The van der Waals surface area contributed by atoms with Gasteiger partial charge in [0.05, 0.1) is 25.7 Å². The highest BCUT2D eigenvalue weighted by molar-refractivity contribution is 14.1. The molecule has 1 fully saturated rings. The minimum atomic E-state index is -0.497. The molecule has 0 atom stereocenters. The molecule has 1 heterocycles. The summed E-state index contributed by atoms with van der Waals surface area (Å²) in [6.45, 7) is 2.51. The maximum absolute atomic E-state index is 13.2. The van der Waals surface area contributed by atoms with Crippen LogP contribution >= 0.6 is 69.8 Å². The smallest absolute Gasteiger partial charge is 0.270 e. The zero-order valence-electron chi connectivity index (χ0n) is 19.1. The van der Waals surface area contributed by atoms with Crippen molar-refractivity contribution in [2.75, 3.05) is 11.5 Å². The number of halogens is 3. The van der Waals surface area contributed by atoms with Crippen molar-refractivity contribution in [2.24, 2.45) is 0 Å². The summed E-state index contributed by atoms with van der Waals surface area (Å²) < 4.78 is 13.0. The highest BCUT2D eigenvalue weighted by Gasteiger charge is 2.33. The molecule has 3 aromatic carbocycles. The molecule has 0 N–H and O–H groups in total. The summed E-state index contributed by atoms with van der Waals surface area (Å²) in [5.41, 5.74) is 1.91. The number of rotatable bonds is 8. The summed E-state index contributed by atoms with van der Waals surface area (Å²) in [7, 11) is 0. The minimum absolute atomic E-state index is 0.0663. The summed E-state index contributed by atoms with van der Waals surface area (Å²) in [6, 6.07) is 14.6. The van der Waals surface area contributed by atoms with Gasteiger partial charge in [0.1, 0.15) is 6.61 Å². The molecule has 0 spiro atoms. The lowest BCUT2D eigenvalue weighted by Gasteiger charge is -2.16. The number of benzene rings is 3. The number of thiocarbonyl (C=S) groups is 1. The monoisotopic (exact) mass is 686 g/mol. The largest absolute Gasteiger partial charge is 0.490 e. The second kappa shape index (κ2) is 12.0. The van der Waals surface area contributed by atoms with E-state index in [-0.39, 0.29) is 18.2 Å². The van der Waals surface area contributed by atoms with E-state index in [1.54, 1.807) is 30.3 Å². The zero-order chi connectivity index (χ0) is 26.7. The molecule has 1 aliphatic heterocycles. The Labute approximate surface area is 246 Å². The fraction of sp³-hybridized carbons (Fsp3) is 0.120. The summed E-state index contributed by atoms with van der Waals surface area (Å²) >= 11 is 21.0. The van der Waals surface area contributed by atoms with Crippen LogP contribution < -0.4 is 14.4 Å². The van der Waals surface area contributed by atoms with Gasteiger partial charge in [-0.05, 0) is 77.6 Å². The van der Waals surface area contributed by atoms with Crippen molar-refractivity contribution in [3.63, 3.8) is 0 Å². The van der Waals surface area contributed by atoms with Gasteiger partial charge in [0.15, 0.2) is 15.8 Å². The Kier molecular flexibility index (Phi) is 8.96. The number of carbonyl (C=O) groups excluding carboxylic acids is 1. The van der Waals surface area contributed by atoms with Crippen molar-refractivity contribution in [1.29, 1.82) is 0 Å². The summed E-state index contributed by atoms with van der Waals surface area (Å²) in [6.07, 6.45) is 1.73. The van der Waals surface area contributed by atoms with Gasteiger partial charge in [0.25, 0.3) is 11.6 Å². The molecule has 12 heteroatoms. The van der Waals surface area contributed by atoms with E-state index in [1.807, 2.05) is 13.0 Å². The van der Waals surface area contributed by atoms with Gasteiger partial charge >= 0.3 is 0 Å². The molecule has 1 amide bonds. The van der Waals surface area contributed by atoms with Crippen molar-refractivity contribution >= 4 is 97.5 Å². The average Bonchev–Trinajstić information content (AvgIpc) is 3.12. The number of anilines is 1. The number of amides is 1. The first kappa shape index (κ1) is 27.6. The van der Waals surface area contributed by atoms with Crippen LogP contribution in [0.25, 0.3) is 6.08 Å². The Morgan fingerprint density at radius 1 is 1.14 bits per heavy atom. The van der Waals surface area contributed by atoms with E-state index in [2.05, 4.69) is 22.6 Å². The van der Waals surface area contributed by atoms with E-state index < -0.39 is 4.92 Å². The molecular formula is C25H17Cl2IN2O5S2. The maximum Gasteiger partial charge on any atom is 0.270 e. The standard InChI is InChI=1S/C25H17Cl2IN2O5S2/c1-2-34-21-10-14(9-20(28)23(21)35-13-15-3-4-16(26)12-19(15)27)11-22-24(31)29(25(36)37-22)17-5-7-18(8-6-17)30(32)33/h3-12H,2,13H2,1H3/b22-11-. The number of carbonyl (C=O) groups is 1. The average molecular weight is 687 g/mol. The zero-order valence-corrected chi connectivity index (χ0v) is 24.4. The number of hydrogen-bond acceptors (Lipinski definition) is 7. The number of ether oxygens (including phenoxy) is 2. The van der Waals surface area contributed by atoms with Crippen LogP contribution in [-0.4, -0.2) is 21.8 Å². The number of thioether (sulfide) groups is 1. The predicted molar refractivity (Wildman–Crippen MR) is 160 cm³/mol. The van der Waals surface area contributed by atoms with Crippen molar-refractivity contribution in [1.82, 2.24) is 0 Å². The number of nitro benzene ring substituents is 1. The van der Waals surface area contributed by atoms with E-state index in [4.69, 9.17) is 44.9 Å². The van der Waals surface area contributed by atoms with Gasteiger partial charge in [-0.15, -0.1) is 0 Å². The lowest BCUT2D eigenvalue weighted by molar-refractivity contribution is -0.384. The Balaban J connectivity index is 1.59. The Morgan fingerprint density at radius 3 is 2.51 bits per heavy atom. The second-order valence-corrected chi connectivity index (χ2v) is 11.3. The number of non-ortho nitro benzene ring substituents is 1. The lowest BCUT2D eigenvalue weighted by atomic mass is 10.1. The minimum Gasteiger partial charge on any atom is -0.490 e. The third kappa shape index (κ3) is 6.37. The number of hydrogen-bond donors (Lipinski definition) is 0. The van der Waals surface area contributed by atoms with Crippen LogP contribution in [0, 0.1) is 13.7 Å². The van der Waals surface area contributed by atoms with Gasteiger partial charge < -0.3 is 9.47 Å². The molecule has 3 aromatic rings. The number of nitrogens with zero attached hydrogens (tertiary/aromatic N) is 2. The van der Waals surface area contributed by atoms with Crippen LogP contribution in [0.4, 0.5) is 11.4 Å². The van der Waals surface area contributed by atoms with E-state index in [9.17, 15) is 14.9 Å². The fourth-order valence-corrected chi connectivity index (χ4v) is 5.97.